The zero-order valence-electron chi connectivity index (χ0n) is 9.63. The van der Waals surface area contributed by atoms with Crippen molar-refractivity contribution < 1.29 is 31.5 Å². The highest BCUT2D eigenvalue weighted by atomic mass is 32.2. The van der Waals surface area contributed by atoms with Gasteiger partial charge in [-0.15, -0.1) is 0 Å². The van der Waals surface area contributed by atoms with E-state index in [-0.39, 0.29) is 0 Å². The summed E-state index contributed by atoms with van der Waals surface area (Å²) >= 11 is 0. The Morgan fingerprint density at radius 3 is 2.50 bits per heavy atom. The van der Waals surface area contributed by atoms with Crippen LogP contribution in [0.1, 0.15) is 10.4 Å². The summed E-state index contributed by atoms with van der Waals surface area (Å²) in [6, 6.07) is 3.25. The first-order valence-corrected chi connectivity index (χ1v) is 6.58. The first-order chi connectivity index (χ1) is 9.31. The van der Waals surface area contributed by atoms with Crippen LogP contribution in [0.2, 0.25) is 0 Å². The van der Waals surface area contributed by atoms with E-state index in [9.17, 15) is 22.0 Å². The zero-order chi connectivity index (χ0) is 14.9. The van der Waals surface area contributed by atoms with Gasteiger partial charge in [-0.05, 0) is 18.2 Å². The minimum absolute atomic E-state index is 0.387. The van der Waals surface area contributed by atoms with E-state index < -0.39 is 44.0 Å². The molecule has 0 saturated carbocycles. The number of hydrogen-bond acceptors (Lipinski definition) is 4. The number of rotatable bonds is 4. The predicted molar refractivity (Wildman–Crippen MR) is 62.8 cm³/mol. The maximum Gasteiger partial charge on any atom is 0.338 e. The molecule has 0 unspecified atom stereocenters. The Labute approximate surface area is 111 Å². The van der Waals surface area contributed by atoms with Crippen molar-refractivity contribution >= 4 is 21.7 Å². The molecular weight excluding hydrogens is 296 g/mol. The van der Waals surface area contributed by atoms with E-state index >= 15 is 0 Å². The first kappa shape index (κ1) is 14.0. The van der Waals surface area contributed by atoms with Gasteiger partial charge in [0.1, 0.15) is 11.6 Å². The van der Waals surface area contributed by atoms with E-state index in [4.69, 9.17) is 5.11 Å². The lowest BCUT2D eigenvalue weighted by atomic mass is 10.2. The van der Waals surface area contributed by atoms with Crippen molar-refractivity contribution in [1.29, 1.82) is 0 Å². The van der Waals surface area contributed by atoms with E-state index in [0.717, 1.165) is 12.3 Å². The summed E-state index contributed by atoms with van der Waals surface area (Å²) in [5.74, 6) is -4.16. The van der Waals surface area contributed by atoms with Crippen LogP contribution in [-0.4, -0.2) is 19.5 Å². The molecule has 6 nitrogen and oxygen atoms in total. The van der Waals surface area contributed by atoms with Crippen molar-refractivity contribution in [2.24, 2.45) is 0 Å². The summed E-state index contributed by atoms with van der Waals surface area (Å²) in [6.07, 6.45) is 1.10. The molecule has 2 rings (SSSR count). The molecule has 0 atom stereocenters. The van der Waals surface area contributed by atoms with Gasteiger partial charge in [0.25, 0.3) is 10.0 Å². The van der Waals surface area contributed by atoms with E-state index in [1.54, 1.807) is 4.72 Å². The molecule has 0 aliphatic heterocycles. The Balaban J connectivity index is 2.41. The van der Waals surface area contributed by atoms with Crippen LogP contribution in [0.5, 0.6) is 0 Å². The number of carboxylic acids is 1. The van der Waals surface area contributed by atoms with Gasteiger partial charge in [0.05, 0.1) is 17.5 Å². The summed E-state index contributed by atoms with van der Waals surface area (Å²) in [4.78, 5) is 10.6. The third kappa shape index (κ3) is 2.62. The first-order valence-electron chi connectivity index (χ1n) is 5.10. The standard InChI is InChI=1S/C11H7F2NO5S/c12-7-5-9(8(13)4-6(7)11(15)16)14-20(17,18)10-2-1-3-19-10/h1-5,14H,(H,15,16). The van der Waals surface area contributed by atoms with Gasteiger partial charge in [-0.2, -0.15) is 8.42 Å². The van der Waals surface area contributed by atoms with Gasteiger partial charge in [0.2, 0.25) is 5.09 Å². The SMILES string of the molecule is O=C(O)c1cc(F)c(NS(=O)(=O)c2ccco2)cc1F. The van der Waals surface area contributed by atoms with Gasteiger partial charge in [-0.1, -0.05) is 0 Å². The Hall–Kier alpha value is -2.42. The van der Waals surface area contributed by atoms with Gasteiger partial charge in [0, 0.05) is 6.07 Å². The number of nitrogens with one attached hydrogen (secondary N) is 1. The molecule has 0 aliphatic rings. The average molecular weight is 303 g/mol. The number of anilines is 1. The lowest BCUT2D eigenvalue weighted by molar-refractivity contribution is 0.0691. The van der Waals surface area contributed by atoms with Crippen molar-refractivity contribution in [1.82, 2.24) is 0 Å². The van der Waals surface area contributed by atoms with Crippen molar-refractivity contribution in [2.45, 2.75) is 5.09 Å². The molecule has 9 heteroatoms. The Kier molecular flexibility index (Phi) is 3.45. The zero-order valence-corrected chi connectivity index (χ0v) is 10.4. The largest absolute Gasteiger partial charge is 0.478 e. The number of furan rings is 1. The fourth-order valence-electron chi connectivity index (χ4n) is 1.40. The smallest absolute Gasteiger partial charge is 0.338 e. The highest BCUT2D eigenvalue weighted by Crippen LogP contribution is 2.22. The number of hydrogen-bond donors (Lipinski definition) is 2. The number of halogens is 2. The lowest BCUT2D eigenvalue weighted by Gasteiger charge is -2.08. The molecular formula is C11H7F2NO5S. The normalized spacial score (nSPS) is 11.3. The Bertz CT molecular complexity index is 755. The predicted octanol–water partition coefficient (Wildman–Crippen LogP) is 2.06. The molecule has 106 valence electrons. The van der Waals surface area contributed by atoms with Gasteiger partial charge in [0.15, 0.2) is 0 Å². The van der Waals surface area contributed by atoms with E-state index in [2.05, 4.69) is 4.42 Å². The summed E-state index contributed by atoms with van der Waals surface area (Å²) < 4.78 is 56.8. The number of sulfonamides is 1. The second-order valence-corrected chi connectivity index (χ2v) is 5.27. The van der Waals surface area contributed by atoms with Crippen molar-refractivity contribution in [3.05, 3.63) is 47.7 Å². The van der Waals surface area contributed by atoms with Crippen LogP contribution in [0.25, 0.3) is 0 Å². The highest BCUT2D eigenvalue weighted by Gasteiger charge is 2.21. The summed E-state index contributed by atoms with van der Waals surface area (Å²) in [6.45, 7) is 0. The van der Waals surface area contributed by atoms with E-state index in [0.29, 0.717) is 12.1 Å². The van der Waals surface area contributed by atoms with Crippen LogP contribution in [-0.2, 0) is 10.0 Å². The molecule has 0 bridgehead atoms. The molecule has 0 spiro atoms. The minimum Gasteiger partial charge on any atom is -0.478 e. The molecule has 0 amide bonds. The molecule has 20 heavy (non-hydrogen) atoms. The second kappa shape index (κ2) is 4.93. The molecule has 0 radical (unpaired) electrons. The third-order valence-corrected chi connectivity index (χ3v) is 3.54. The number of carboxylic acid groups (broad SMARTS) is 1. The second-order valence-electron chi connectivity index (χ2n) is 3.65. The van der Waals surface area contributed by atoms with Crippen LogP contribution in [0.15, 0.2) is 40.0 Å². The van der Waals surface area contributed by atoms with Crippen molar-refractivity contribution in [3.8, 4) is 0 Å². The monoisotopic (exact) mass is 303 g/mol. The Morgan fingerprint density at radius 1 is 1.25 bits per heavy atom. The molecule has 0 saturated heterocycles. The topological polar surface area (TPSA) is 96.6 Å². The van der Waals surface area contributed by atoms with Crippen LogP contribution in [0, 0.1) is 11.6 Å². The highest BCUT2D eigenvalue weighted by molar-refractivity contribution is 7.92. The van der Waals surface area contributed by atoms with Crippen molar-refractivity contribution in [3.63, 3.8) is 0 Å². The van der Waals surface area contributed by atoms with Gasteiger partial charge < -0.3 is 9.52 Å². The van der Waals surface area contributed by atoms with Gasteiger partial charge >= 0.3 is 5.97 Å². The van der Waals surface area contributed by atoms with Crippen LogP contribution >= 0.6 is 0 Å². The molecule has 2 N–H and O–H groups in total. The molecule has 1 aromatic carbocycles. The maximum atomic E-state index is 13.6. The summed E-state index contributed by atoms with van der Waals surface area (Å²) in [7, 11) is -4.21. The molecule has 1 heterocycles. The number of aromatic carboxylic acids is 1. The van der Waals surface area contributed by atoms with E-state index in [1.165, 1.54) is 6.07 Å². The third-order valence-electron chi connectivity index (χ3n) is 2.29. The average Bonchev–Trinajstić information content (AvgIpc) is 2.87. The Morgan fingerprint density at radius 2 is 1.95 bits per heavy atom. The van der Waals surface area contributed by atoms with Gasteiger partial charge in [-0.3, -0.25) is 4.72 Å². The fourth-order valence-corrected chi connectivity index (χ4v) is 2.39. The number of carbonyl (C=O) groups is 1. The van der Waals surface area contributed by atoms with E-state index in [1.807, 2.05) is 0 Å². The molecule has 0 aliphatic carbocycles. The molecule has 1 aromatic heterocycles. The molecule has 0 fully saturated rings. The number of benzene rings is 1. The van der Waals surface area contributed by atoms with Crippen LogP contribution < -0.4 is 4.72 Å². The van der Waals surface area contributed by atoms with Gasteiger partial charge in [-0.25, -0.2) is 13.6 Å². The molecule has 2 aromatic rings. The summed E-state index contributed by atoms with van der Waals surface area (Å²) in [5, 5.41) is 8.12. The lowest BCUT2D eigenvalue weighted by Crippen LogP contribution is -2.14. The summed E-state index contributed by atoms with van der Waals surface area (Å²) in [5.41, 5.74) is -1.62. The van der Waals surface area contributed by atoms with Crippen molar-refractivity contribution in [2.75, 3.05) is 4.72 Å². The quantitative estimate of drug-likeness (QED) is 0.901. The minimum atomic E-state index is -4.21. The van der Waals surface area contributed by atoms with Crippen LogP contribution in [0.4, 0.5) is 14.5 Å². The van der Waals surface area contributed by atoms with Crippen LogP contribution in [0.3, 0.4) is 0 Å². The maximum absolute atomic E-state index is 13.6. The fraction of sp³-hybridized carbons (Fsp3) is 0.